The molecule has 0 saturated carbocycles. The largest absolute Gasteiger partial charge is 0.465 e. The molecule has 1 aromatic rings. The number of benzene rings is 1. The second kappa shape index (κ2) is 9.02. The van der Waals surface area contributed by atoms with Gasteiger partial charge in [-0.2, -0.15) is 0 Å². The number of rotatable bonds is 6. The minimum absolute atomic E-state index is 0.0867. The number of carbonyl (C=O) groups is 2. The van der Waals surface area contributed by atoms with E-state index in [0.717, 1.165) is 12.8 Å². The minimum atomic E-state index is -0.753. The highest BCUT2D eigenvalue weighted by molar-refractivity contribution is 5.96. The van der Waals surface area contributed by atoms with E-state index < -0.39 is 10.9 Å². The Morgan fingerprint density at radius 1 is 1.23 bits per heavy atom. The summed E-state index contributed by atoms with van der Waals surface area (Å²) in [6, 6.07) is 4.55. The molecule has 0 bridgehead atoms. The van der Waals surface area contributed by atoms with Crippen molar-refractivity contribution in [2.24, 2.45) is 0 Å². The van der Waals surface area contributed by atoms with E-state index >= 15 is 0 Å². The van der Waals surface area contributed by atoms with E-state index in [4.69, 9.17) is 4.74 Å². The van der Waals surface area contributed by atoms with E-state index in [1.807, 2.05) is 6.92 Å². The third kappa shape index (κ3) is 4.41. The molecule has 9 heteroatoms. The average molecular weight is 365 g/mol. The second-order valence-electron chi connectivity index (χ2n) is 5.86. The SMILES string of the molecule is CCCCOC(=O)N1CCN(c2cccc(C(=O)OC)c2[N+](=O)[O-])CC1. The van der Waals surface area contributed by atoms with Crippen LogP contribution >= 0.6 is 0 Å². The van der Waals surface area contributed by atoms with Crippen LogP contribution in [0.25, 0.3) is 0 Å². The van der Waals surface area contributed by atoms with Gasteiger partial charge in [0.15, 0.2) is 0 Å². The third-order valence-electron chi connectivity index (χ3n) is 4.20. The number of amides is 1. The molecule has 0 spiro atoms. The molecule has 9 nitrogen and oxygen atoms in total. The topological polar surface area (TPSA) is 102 Å². The number of hydrogen-bond donors (Lipinski definition) is 0. The number of anilines is 1. The maximum Gasteiger partial charge on any atom is 0.409 e. The second-order valence-corrected chi connectivity index (χ2v) is 5.86. The number of hydrogen-bond acceptors (Lipinski definition) is 7. The monoisotopic (exact) mass is 365 g/mol. The van der Waals surface area contributed by atoms with Gasteiger partial charge in [-0.25, -0.2) is 9.59 Å². The number of piperazine rings is 1. The van der Waals surface area contributed by atoms with Crippen molar-refractivity contribution in [3.05, 3.63) is 33.9 Å². The van der Waals surface area contributed by atoms with Gasteiger partial charge < -0.3 is 19.3 Å². The Morgan fingerprint density at radius 2 is 1.92 bits per heavy atom. The molecule has 0 atom stereocenters. The van der Waals surface area contributed by atoms with E-state index in [0.29, 0.717) is 38.5 Å². The van der Waals surface area contributed by atoms with Crippen LogP contribution in [0.15, 0.2) is 18.2 Å². The van der Waals surface area contributed by atoms with Crippen LogP contribution in [0.1, 0.15) is 30.1 Å². The van der Waals surface area contributed by atoms with Crippen LogP contribution < -0.4 is 4.90 Å². The van der Waals surface area contributed by atoms with Gasteiger partial charge in [-0.05, 0) is 18.6 Å². The fourth-order valence-corrected chi connectivity index (χ4v) is 2.78. The van der Waals surface area contributed by atoms with E-state index in [9.17, 15) is 19.7 Å². The molecule has 1 aliphatic heterocycles. The molecule has 26 heavy (non-hydrogen) atoms. The van der Waals surface area contributed by atoms with Gasteiger partial charge in [0.2, 0.25) is 0 Å². The van der Waals surface area contributed by atoms with Crippen molar-refractivity contribution in [1.29, 1.82) is 0 Å². The molecule has 0 aliphatic carbocycles. The van der Waals surface area contributed by atoms with Crippen LogP contribution in [0.2, 0.25) is 0 Å². The van der Waals surface area contributed by atoms with Gasteiger partial charge in [0.1, 0.15) is 11.3 Å². The zero-order valence-corrected chi connectivity index (χ0v) is 15.0. The van der Waals surface area contributed by atoms with E-state index in [-0.39, 0.29) is 17.3 Å². The summed E-state index contributed by atoms with van der Waals surface area (Å²) in [6.07, 6.45) is 1.40. The van der Waals surface area contributed by atoms with Crippen LogP contribution in [-0.4, -0.2) is 61.8 Å². The molecule has 0 aromatic heterocycles. The van der Waals surface area contributed by atoms with E-state index in [2.05, 4.69) is 4.74 Å². The predicted octanol–water partition coefficient (Wildman–Crippen LogP) is 2.44. The van der Waals surface area contributed by atoms with Crippen molar-refractivity contribution >= 4 is 23.4 Å². The number of ether oxygens (including phenoxy) is 2. The molecule has 142 valence electrons. The molecule has 1 amide bonds. The van der Waals surface area contributed by atoms with Crippen molar-refractivity contribution in [3.63, 3.8) is 0 Å². The van der Waals surface area contributed by atoms with Gasteiger partial charge in [0.25, 0.3) is 0 Å². The lowest BCUT2D eigenvalue weighted by Gasteiger charge is -2.35. The van der Waals surface area contributed by atoms with Gasteiger partial charge in [0.05, 0.1) is 18.6 Å². The van der Waals surface area contributed by atoms with Gasteiger partial charge in [-0.3, -0.25) is 10.1 Å². The number of esters is 1. The summed E-state index contributed by atoms with van der Waals surface area (Å²) in [4.78, 5) is 38.1. The third-order valence-corrected chi connectivity index (χ3v) is 4.20. The fourth-order valence-electron chi connectivity index (χ4n) is 2.78. The van der Waals surface area contributed by atoms with Crippen molar-refractivity contribution < 1.29 is 24.0 Å². The van der Waals surface area contributed by atoms with Crippen LogP contribution in [0, 0.1) is 10.1 Å². The standard InChI is InChI=1S/C17H23N3O6/c1-3-4-12-26-17(22)19-10-8-18(9-11-19)14-7-5-6-13(16(21)25-2)15(14)20(23)24/h5-7H,3-4,8-12H2,1-2H3. The highest BCUT2D eigenvalue weighted by Crippen LogP contribution is 2.33. The summed E-state index contributed by atoms with van der Waals surface area (Å²) < 4.78 is 9.82. The number of para-hydroxylation sites is 1. The van der Waals surface area contributed by atoms with Gasteiger partial charge in [0, 0.05) is 26.2 Å². The summed E-state index contributed by atoms with van der Waals surface area (Å²) in [5.41, 5.74) is -0.0216. The van der Waals surface area contributed by atoms with Crippen LogP contribution in [0.3, 0.4) is 0 Å². The highest BCUT2D eigenvalue weighted by atomic mass is 16.6. The molecular weight excluding hydrogens is 342 g/mol. The highest BCUT2D eigenvalue weighted by Gasteiger charge is 2.30. The van der Waals surface area contributed by atoms with Crippen molar-refractivity contribution in [1.82, 2.24) is 4.90 Å². The minimum Gasteiger partial charge on any atom is -0.465 e. The summed E-state index contributed by atoms with van der Waals surface area (Å²) in [6.45, 7) is 4.02. The lowest BCUT2D eigenvalue weighted by atomic mass is 10.1. The maximum atomic E-state index is 12.0. The molecule has 1 saturated heterocycles. The van der Waals surface area contributed by atoms with E-state index in [1.165, 1.54) is 13.2 Å². The lowest BCUT2D eigenvalue weighted by molar-refractivity contribution is -0.384. The normalized spacial score (nSPS) is 14.1. The maximum absolute atomic E-state index is 12.0. The zero-order valence-electron chi connectivity index (χ0n) is 15.0. The molecule has 1 heterocycles. The summed E-state index contributed by atoms with van der Waals surface area (Å²) in [5.74, 6) is -0.753. The average Bonchev–Trinajstić information content (AvgIpc) is 2.66. The lowest BCUT2D eigenvalue weighted by Crippen LogP contribution is -2.49. The van der Waals surface area contributed by atoms with E-state index in [1.54, 1.807) is 21.9 Å². The number of methoxy groups -OCH3 is 1. The summed E-state index contributed by atoms with van der Waals surface area (Å²) in [7, 11) is 1.18. The van der Waals surface area contributed by atoms with Crippen LogP contribution in [0.4, 0.5) is 16.2 Å². The van der Waals surface area contributed by atoms with Gasteiger partial charge in [-0.1, -0.05) is 19.4 Å². The number of nitro groups is 1. The predicted molar refractivity (Wildman–Crippen MR) is 94.5 cm³/mol. The number of nitro benzene ring substituents is 1. The first-order valence-corrected chi connectivity index (χ1v) is 8.52. The Labute approximate surface area is 151 Å². The molecular formula is C17H23N3O6. The number of nitrogens with zero attached hydrogens (tertiary/aromatic N) is 3. The number of unbranched alkanes of at least 4 members (excludes halogenated alkanes) is 1. The Bertz CT molecular complexity index is 670. The Morgan fingerprint density at radius 3 is 2.50 bits per heavy atom. The van der Waals surface area contributed by atoms with Crippen molar-refractivity contribution in [2.75, 3.05) is 44.8 Å². The Kier molecular flexibility index (Phi) is 6.76. The Hall–Kier alpha value is -2.84. The van der Waals surface area contributed by atoms with Crippen molar-refractivity contribution in [2.45, 2.75) is 19.8 Å². The number of carbonyl (C=O) groups excluding carboxylic acids is 2. The molecule has 0 N–H and O–H groups in total. The summed E-state index contributed by atoms with van der Waals surface area (Å²) in [5, 5.41) is 11.5. The first kappa shape index (κ1) is 19.5. The van der Waals surface area contributed by atoms with Crippen LogP contribution in [0.5, 0.6) is 0 Å². The molecule has 0 radical (unpaired) electrons. The molecule has 1 aromatic carbocycles. The molecule has 0 unspecified atom stereocenters. The van der Waals surface area contributed by atoms with Gasteiger partial charge >= 0.3 is 17.7 Å². The molecule has 2 rings (SSSR count). The fraction of sp³-hybridized carbons (Fsp3) is 0.529. The first-order valence-electron chi connectivity index (χ1n) is 8.52. The molecule has 1 fully saturated rings. The molecule has 1 aliphatic rings. The van der Waals surface area contributed by atoms with Crippen molar-refractivity contribution in [3.8, 4) is 0 Å². The summed E-state index contributed by atoms with van der Waals surface area (Å²) >= 11 is 0. The smallest absolute Gasteiger partial charge is 0.409 e. The Balaban J connectivity index is 2.11. The quantitative estimate of drug-likeness (QED) is 0.330. The zero-order chi connectivity index (χ0) is 19.1. The first-order chi connectivity index (χ1) is 12.5. The van der Waals surface area contributed by atoms with Gasteiger partial charge in [-0.15, -0.1) is 0 Å². The van der Waals surface area contributed by atoms with Crippen LogP contribution in [-0.2, 0) is 9.47 Å².